The number of halogens is 1. The van der Waals surface area contributed by atoms with Gasteiger partial charge in [0.15, 0.2) is 0 Å². The molecule has 0 fully saturated rings. The highest BCUT2D eigenvalue weighted by Gasteiger charge is 2.08. The molecule has 1 aromatic carbocycles. The molecule has 0 amide bonds. The van der Waals surface area contributed by atoms with Gasteiger partial charge in [-0.1, -0.05) is 32.5 Å². The standard InChI is InChI=1S/C10H14BBr/c1-5-7(3)10(12)8(4)6(2)9(5)11/h11H2,1-4H3. The summed E-state index contributed by atoms with van der Waals surface area (Å²) in [5, 5.41) is 0. The summed E-state index contributed by atoms with van der Waals surface area (Å²) >= 11 is 3.61. The van der Waals surface area contributed by atoms with Gasteiger partial charge in [0, 0.05) is 4.47 Å². The number of benzene rings is 1. The Hall–Kier alpha value is -0.235. The molecular weight excluding hydrogens is 211 g/mol. The zero-order chi connectivity index (χ0) is 9.46. The SMILES string of the molecule is Bc1c(C)c(C)c(Br)c(C)c1C. The summed E-state index contributed by atoms with van der Waals surface area (Å²) in [6.45, 7) is 8.70. The van der Waals surface area contributed by atoms with Gasteiger partial charge in [-0.25, -0.2) is 0 Å². The largest absolute Gasteiger partial charge is 0.140 e. The Balaban J connectivity index is 3.60. The lowest BCUT2D eigenvalue weighted by Crippen LogP contribution is -2.15. The van der Waals surface area contributed by atoms with Gasteiger partial charge in [0.25, 0.3) is 0 Å². The fourth-order valence-electron chi connectivity index (χ4n) is 1.45. The van der Waals surface area contributed by atoms with Gasteiger partial charge >= 0.3 is 0 Å². The van der Waals surface area contributed by atoms with Crippen molar-refractivity contribution >= 4 is 29.2 Å². The third-order valence-corrected chi connectivity index (χ3v) is 4.10. The van der Waals surface area contributed by atoms with E-state index in [1.165, 1.54) is 32.2 Å². The quantitative estimate of drug-likeness (QED) is 0.592. The molecular formula is C10H14BBr. The Morgan fingerprint density at radius 2 is 1.17 bits per heavy atom. The summed E-state index contributed by atoms with van der Waals surface area (Å²) in [5.41, 5.74) is 6.98. The molecule has 0 atom stereocenters. The van der Waals surface area contributed by atoms with Crippen LogP contribution in [0.5, 0.6) is 0 Å². The van der Waals surface area contributed by atoms with Gasteiger partial charge < -0.3 is 0 Å². The van der Waals surface area contributed by atoms with E-state index in [1.54, 1.807) is 0 Å². The van der Waals surface area contributed by atoms with Crippen LogP contribution in [-0.2, 0) is 0 Å². The van der Waals surface area contributed by atoms with Gasteiger partial charge in [-0.3, -0.25) is 0 Å². The highest BCUT2D eigenvalue weighted by Crippen LogP contribution is 2.24. The smallest absolute Gasteiger partial charge is 0.0826 e. The van der Waals surface area contributed by atoms with Crippen LogP contribution in [0.25, 0.3) is 0 Å². The molecule has 0 saturated carbocycles. The van der Waals surface area contributed by atoms with Crippen LogP contribution < -0.4 is 5.46 Å². The number of hydrogen-bond acceptors (Lipinski definition) is 0. The summed E-state index contributed by atoms with van der Waals surface area (Å²) in [5.74, 6) is 0. The molecule has 0 aliphatic heterocycles. The van der Waals surface area contributed by atoms with Crippen LogP contribution in [0.4, 0.5) is 0 Å². The first-order chi connectivity index (χ1) is 5.46. The fourth-order valence-corrected chi connectivity index (χ4v) is 2.05. The fraction of sp³-hybridized carbons (Fsp3) is 0.400. The molecule has 0 heterocycles. The lowest BCUT2D eigenvalue weighted by Gasteiger charge is -2.14. The summed E-state index contributed by atoms with van der Waals surface area (Å²) in [6, 6.07) is 0. The average molecular weight is 225 g/mol. The lowest BCUT2D eigenvalue weighted by molar-refractivity contribution is 1.24. The first-order valence-corrected chi connectivity index (χ1v) is 4.98. The molecule has 12 heavy (non-hydrogen) atoms. The predicted octanol–water partition coefficient (Wildman–Crippen LogP) is 1.94. The molecule has 0 spiro atoms. The maximum atomic E-state index is 3.61. The highest BCUT2D eigenvalue weighted by atomic mass is 79.9. The minimum Gasteiger partial charge on any atom is -0.0826 e. The van der Waals surface area contributed by atoms with E-state index in [0.717, 1.165) is 0 Å². The Kier molecular flexibility index (Phi) is 2.67. The first-order valence-electron chi connectivity index (χ1n) is 4.19. The third kappa shape index (κ3) is 1.33. The molecule has 0 aromatic heterocycles. The molecule has 0 N–H and O–H groups in total. The van der Waals surface area contributed by atoms with E-state index in [9.17, 15) is 0 Å². The zero-order valence-corrected chi connectivity index (χ0v) is 9.96. The van der Waals surface area contributed by atoms with Gasteiger partial charge in [0.2, 0.25) is 0 Å². The molecule has 1 rings (SSSR count). The molecule has 0 unspecified atom stereocenters. The minimum absolute atomic E-state index is 1.27. The summed E-state index contributed by atoms with van der Waals surface area (Å²) in [7, 11) is 2.19. The Labute approximate surface area is 83.9 Å². The summed E-state index contributed by atoms with van der Waals surface area (Å²) in [6.07, 6.45) is 0. The van der Waals surface area contributed by atoms with Crippen molar-refractivity contribution in [2.75, 3.05) is 0 Å². The Bertz CT molecular complexity index is 224. The molecule has 1 aromatic rings. The molecule has 0 nitrogen and oxygen atoms in total. The van der Waals surface area contributed by atoms with Crippen LogP contribution in [-0.4, -0.2) is 7.85 Å². The van der Waals surface area contributed by atoms with Gasteiger partial charge in [0.05, 0.1) is 0 Å². The molecule has 0 aliphatic carbocycles. The molecule has 2 heteroatoms. The van der Waals surface area contributed by atoms with Crippen LogP contribution >= 0.6 is 15.9 Å². The van der Waals surface area contributed by atoms with Gasteiger partial charge in [0.1, 0.15) is 7.85 Å². The van der Waals surface area contributed by atoms with Gasteiger partial charge in [-0.2, -0.15) is 0 Å². The van der Waals surface area contributed by atoms with Crippen molar-refractivity contribution in [2.24, 2.45) is 0 Å². The first kappa shape index (κ1) is 9.85. The average Bonchev–Trinajstić information content (AvgIpc) is 2.08. The number of hydrogen-bond donors (Lipinski definition) is 0. The van der Waals surface area contributed by atoms with Crippen LogP contribution in [0.2, 0.25) is 0 Å². The zero-order valence-electron chi connectivity index (χ0n) is 8.38. The van der Waals surface area contributed by atoms with Crippen molar-refractivity contribution in [3.8, 4) is 0 Å². The van der Waals surface area contributed by atoms with Crippen molar-refractivity contribution in [1.82, 2.24) is 0 Å². The van der Waals surface area contributed by atoms with Crippen molar-refractivity contribution in [3.63, 3.8) is 0 Å². The van der Waals surface area contributed by atoms with Crippen molar-refractivity contribution < 1.29 is 0 Å². The summed E-state index contributed by atoms with van der Waals surface area (Å²) in [4.78, 5) is 0. The predicted molar refractivity (Wildman–Crippen MR) is 61.3 cm³/mol. The normalized spacial score (nSPS) is 10.4. The van der Waals surface area contributed by atoms with Crippen LogP contribution in [0.15, 0.2) is 4.47 Å². The Morgan fingerprint density at radius 1 is 0.833 bits per heavy atom. The van der Waals surface area contributed by atoms with E-state index in [1.807, 2.05) is 0 Å². The second-order valence-electron chi connectivity index (χ2n) is 3.44. The van der Waals surface area contributed by atoms with E-state index in [0.29, 0.717) is 0 Å². The molecule has 0 aliphatic rings. The van der Waals surface area contributed by atoms with E-state index >= 15 is 0 Å². The van der Waals surface area contributed by atoms with E-state index < -0.39 is 0 Å². The Morgan fingerprint density at radius 3 is 1.50 bits per heavy atom. The molecule has 64 valence electrons. The lowest BCUT2D eigenvalue weighted by atomic mass is 9.82. The van der Waals surface area contributed by atoms with Gasteiger partial charge in [-0.15, -0.1) is 0 Å². The van der Waals surface area contributed by atoms with E-state index in [4.69, 9.17) is 0 Å². The minimum atomic E-state index is 1.27. The maximum Gasteiger partial charge on any atom is 0.140 e. The second-order valence-corrected chi connectivity index (χ2v) is 4.23. The van der Waals surface area contributed by atoms with Crippen LogP contribution in [0.1, 0.15) is 22.3 Å². The monoisotopic (exact) mass is 224 g/mol. The topological polar surface area (TPSA) is 0 Å². The number of rotatable bonds is 0. The van der Waals surface area contributed by atoms with E-state index in [2.05, 4.69) is 51.5 Å². The molecule has 0 saturated heterocycles. The van der Waals surface area contributed by atoms with E-state index in [-0.39, 0.29) is 0 Å². The van der Waals surface area contributed by atoms with Crippen LogP contribution in [0.3, 0.4) is 0 Å². The molecule has 0 radical (unpaired) electrons. The van der Waals surface area contributed by atoms with Crippen molar-refractivity contribution in [1.29, 1.82) is 0 Å². The van der Waals surface area contributed by atoms with Gasteiger partial charge in [-0.05, 0) is 38.8 Å². The third-order valence-electron chi connectivity index (χ3n) is 2.91. The van der Waals surface area contributed by atoms with Crippen molar-refractivity contribution in [2.45, 2.75) is 27.7 Å². The van der Waals surface area contributed by atoms with Crippen LogP contribution in [0, 0.1) is 27.7 Å². The maximum absolute atomic E-state index is 3.61. The highest BCUT2D eigenvalue weighted by molar-refractivity contribution is 9.10. The summed E-state index contributed by atoms with van der Waals surface area (Å²) < 4.78 is 1.27. The second kappa shape index (κ2) is 3.25. The van der Waals surface area contributed by atoms with Crippen molar-refractivity contribution in [3.05, 3.63) is 26.7 Å². The molecule has 0 bridgehead atoms.